The first-order valence-electron chi connectivity index (χ1n) is 11.1. The minimum absolute atomic E-state index is 0.179. The van der Waals surface area contributed by atoms with Crippen molar-refractivity contribution in [3.05, 3.63) is 113 Å². The summed E-state index contributed by atoms with van der Waals surface area (Å²) < 4.78 is 42.8. The van der Waals surface area contributed by atoms with Crippen molar-refractivity contribution in [1.82, 2.24) is 9.99 Å². The van der Waals surface area contributed by atoms with Crippen molar-refractivity contribution in [2.24, 2.45) is 5.10 Å². The Morgan fingerprint density at radius 2 is 1.61 bits per heavy atom. The van der Waals surface area contributed by atoms with E-state index >= 15 is 0 Å². The van der Waals surface area contributed by atoms with Crippen LogP contribution in [0.1, 0.15) is 27.3 Å². The standard InChI is InChI=1S/C27H25FN4O3S/c1-19-17-22(20(2)32(19)26-12-8-7-11-25(26)28)18-29-30-27(33)21-13-15-23(16-14-21)31(3)36(34,35)24-9-5-4-6-10-24/h4-18H,1-3H3,(H,30,33)/b29-18+. The van der Waals surface area contributed by atoms with Crippen molar-refractivity contribution in [1.29, 1.82) is 0 Å². The number of aryl methyl sites for hydroxylation is 1. The Morgan fingerprint density at radius 3 is 2.28 bits per heavy atom. The number of rotatable bonds is 7. The van der Waals surface area contributed by atoms with Gasteiger partial charge in [-0.1, -0.05) is 30.3 Å². The average molecular weight is 505 g/mol. The van der Waals surface area contributed by atoms with Crippen LogP contribution >= 0.6 is 0 Å². The van der Waals surface area contributed by atoms with Gasteiger partial charge in [-0.05, 0) is 68.4 Å². The first kappa shape index (κ1) is 24.9. The van der Waals surface area contributed by atoms with Crippen LogP contribution in [0.3, 0.4) is 0 Å². The Hall–Kier alpha value is -4.24. The predicted octanol–water partition coefficient (Wildman–Crippen LogP) is 4.82. The number of sulfonamides is 1. The van der Waals surface area contributed by atoms with E-state index in [1.807, 2.05) is 19.9 Å². The Morgan fingerprint density at radius 1 is 0.972 bits per heavy atom. The molecule has 0 aliphatic carbocycles. The van der Waals surface area contributed by atoms with Crippen LogP contribution in [-0.4, -0.2) is 32.2 Å². The monoisotopic (exact) mass is 504 g/mol. The Kier molecular flexibility index (Phi) is 7.03. The van der Waals surface area contributed by atoms with Crippen LogP contribution in [0.2, 0.25) is 0 Å². The number of hydrogen-bond donors (Lipinski definition) is 1. The fraction of sp³-hybridized carbons (Fsp3) is 0.111. The minimum Gasteiger partial charge on any atom is -0.315 e. The Labute approximate surface area is 209 Å². The highest BCUT2D eigenvalue weighted by atomic mass is 32.2. The highest BCUT2D eigenvalue weighted by molar-refractivity contribution is 7.92. The number of aromatic nitrogens is 1. The third-order valence-corrected chi connectivity index (χ3v) is 7.63. The van der Waals surface area contributed by atoms with Gasteiger partial charge in [0, 0.05) is 29.6 Å². The SMILES string of the molecule is Cc1cc(/C=N/NC(=O)c2ccc(N(C)S(=O)(=O)c3ccccc3)cc2)c(C)n1-c1ccccc1F. The summed E-state index contributed by atoms with van der Waals surface area (Å²) in [5.41, 5.74) is 5.99. The summed E-state index contributed by atoms with van der Waals surface area (Å²) in [5.74, 6) is -0.781. The van der Waals surface area contributed by atoms with Crippen LogP contribution in [0.15, 0.2) is 94.9 Å². The minimum atomic E-state index is -3.71. The molecule has 0 saturated carbocycles. The highest BCUT2D eigenvalue weighted by Gasteiger charge is 2.21. The third-order valence-electron chi connectivity index (χ3n) is 5.83. The molecule has 0 saturated heterocycles. The molecule has 0 bridgehead atoms. The van der Waals surface area contributed by atoms with Crippen molar-refractivity contribution in [2.75, 3.05) is 11.4 Å². The topological polar surface area (TPSA) is 83.8 Å². The smallest absolute Gasteiger partial charge is 0.271 e. The van der Waals surface area contributed by atoms with Gasteiger partial charge in [0.1, 0.15) is 5.82 Å². The van der Waals surface area contributed by atoms with Crippen LogP contribution in [0.4, 0.5) is 10.1 Å². The second-order valence-electron chi connectivity index (χ2n) is 8.14. The number of anilines is 1. The van der Waals surface area contributed by atoms with Gasteiger partial charge in [0.2, 0.25) is 0 Å². The summed E-state index contributed by atoms with van der Waals surface area (Å²) in [5, 5.41) is 4.05. The molecule has 7 nitrogen and oxygen atoms in total. The van der Waals surface area contributed by atoms with Crippen LogP contribution in [0.5, 0.6) is 0 Å². The van der Waals surface area contributed by atoms with Gasteiger partial charge in [-0.15, -0.1) is 0 Å². The van der Waals surface area contributed by atoms with Crippen molar-refractivity contribution in [3.8, 4) is 5.69 Å². The first-order valence-corrected chi connectivity index (χ1v) is 12.6. The second-order valence-corrected chi connectivity index (χ2v) is 10.1. The van der Waals surface area contributed by atoms with Gasteiger partial charge in [0.05, 0.1) is 22.5 Å². The summed E-state index contributed by atoms with van der Waals surface area (Å²) in [6.07, 6.45) is 1.51. The number of halogens is 1. The van der Waals surface area contributed by atoms with Crippen LogP contribution in [0, 0.1) is 19.7 Å². The lowest BCUT2D eigenvalue weighted by Crippen LogP contribution is -2.26. The lowest BCUT2D eigenvalue weighted by Gasteiger charge is -2.19. The summed E-state index contributed by atoms with van der Waals surface area (Å²) in [6, 6.07) is 22.7. The molecule has 0 aliphatic rings. The molecule has 1 heterocycles. The number of para-hydroxylation sites is 1. The number of nitrogens with one attached hydrogen (secondary N) is 1. The number of carbonyl (C=O) groups excluding carboxylic acids is 1. The van der Waals surface area contributed by atoms with Crippen LogP contribution < -0.4 is 9.73 Å². The van der Waals surface area contributed by atoms with E-state index in [-0.39, 0.29) is 10.7 Å². The van der Waals surface area contributed by atoms with Gasteiger partial charge in [-0.25, -0.2) is 18.2 Å². The van der Waals surface area contributed by atoms with Crippen LogP contribution in [-0.2, 0) is 10.0 Å². The maximum atomic E-state index is 14.3. The summed E-state index contributed by atoms with van der Waals surface area (Å²) in [6.45, 7) is 3.72. The van der Waals surface area contributed by atoms with E-state index in [0.717, 1.165) is 21.3 Å². The molecule has 0 fully saturated rings. The predicted molar refractivity (Wildman–Crippen MR) is 139 cm³/mol. The van der Waals surface area contributed by atoms with Gasteiger partial charge in [0.25, 0.3) is 15.9 Å². The van der Waals surface area contributed by atoms with Crippen molar-refractivity contribution in [3.63, 3.8) is 0 Å². The fourth-order valence-corrected chi connectivity index (χ4v) is 5.08. The molecule has 4 rings (SSSR count). The molecule has 0 radical (unpaired) electrons. The van der Waals surface area contributed by atoms with E-state index in [1.165, 1.54) is 43.6 Å². The number of carbonyl (C=O) groups is 1. The molecule has 0 unspecified atom stereocenters. The molecule has 0 atom stereocenters. The van der Waals surface area contributed by atoms with E-state index in [9.17, 15) is 17.6 Å². The molecule has 0 spiro atoms. The lowest BCUT2D eigenvalue weighted by molar-refractivity contribution is 0.0955. The number of amides is 1. The normalized spacial score (nSPS) is 11.6. The maximum absolute atomic E-state index is 14.3. The highest BCUT2D eigenvalue weighted by Crippen LogP contribution is 2.23. The molecule has 1 N–H and O–H groups in total. The molecular formula is C27H25FN4O3S. The summed E-state index contributed by atoms with van der Waals surface area (Å²) in [7, 11) is -2.26. The molecule has 184 valence electrons. The van der Waals surface area contributed by atoms with Gasteiger partial charge >= 0.3 is 0 Å². The molecule has 1 amide bonds. The lowest BCUT2D eigenvalue weighted by atomic mass is 10.2. The van der Waals surface area contributed by atoms with Gasteiger partial charge in [-0.2, -0.15) is 5.10 Å². The van der Waals surface area contributed by atoms with E-state index in [0.29, 0.717) is 16.9 Å². The van der Waals surface area contributed by atoms with E-state index in [2.05, 4.69) is 10.5 Å². The van der Waals surface area contributed by atoms with Gasteiger partial charge in [0.15, 0.2) is 0 Å². The summed E-state index contributed by atoms with van der Waals surface area (Å²) in [4.78, 5) is 12.7. The largest absolute Gasteiger partial charge is 0.315 e. The number of hydrogen-bond acceptors (Lipinski definition) is 4. The number of nitrogens with zero attached hydrogens (tertiary/aromatic N) is 3. The number of hydrazone groups is 1. The molecule has 3 aromatic carbocycles. The quantitative estimate of drug-likeness (QED) is 0.289. The van der Waals surface area contributed by atoms with Crippen molar-refractivity contribution < 1.29 is 17.6 Å². The second kappa shape index (κ2) is 10.2. The summed E-state index contributed by atoms with van der Waals surface area (Å²) >= 11 is 0. The molecule has 4 aromatic rings. The first-order chi connectivity index (χ1) is 17.2. The molecule has 1 aromatic heterocycles. The average Bonchev–Trinajstić information content (AvgIpc) is 3.17. The molecule has 36 heavy (non-hydrogen) atoms. The Balaban J connectivity index is 1.45. The zero-order valence-corrected chi connectivity index (χ0v) is 20.8. The van der Waals surface area contributed by atoms with Crippen LogP contribution in [0.25, 0.3) is 5.69 Å². The van der Waals surface area contributed by atoms with E-state index in [1.54, 1.807) is 53.1 Å². The molecular weight excluding hydrogens is 479 g/mol. The number of benzene rings is 3. The Bertz CT molecular complexity index is 1530. The van der Waals surface area contributed by atoms with E-state index < -0.39 is 15.9 Å². The zero-order chi connectivity index (χ0) is 25.9. The van der Waals surface area contributed by atoms with E-state index in [4.69, 9.17) is 0 Å². The zero-order valence-electron chi connectivity index (χ0n) is 20.0. The molecule has 0 aliphatic heterocycles. The fourth-order valence-electron chi connectivity index (χ4n) is 3.86. The van der Waals surface area contributed by atoms with Gasteiger partial charge in [-0.3, -0.25) is 9.10 Å². The van der Waals surface area contributed by atoms with Gasteiger partial charge < -0.3 is 4.57 Å². The third kappa shape index (κ3) is 4.92. The molecule has 9 heteroatoms. The van der Waals surface area contributed by atoms with Crippen molar-refractivity contribution >= 4 is 27.8 Å². The van der Waals surface area contributed by atoms with Crippen molar-refractivity contribution in [2.45, 2.75) is 18.7 Å². The maximum Gasteiger partial charge on any atom is 0.271 e.